The highest BCUT2D eigenvalue weighted by atomic mass is 35.5. The summed E-state index contributed by atoms with van der Waals surface area (Å²) < 4.78 is 19.9. The number of ketones is 1. The largest absolute Gasteiger partial charge is 0.480 e. The third kappa shape index (κ3) is 3.26. The normalized spacial score (nSPS) is 10.2. The molecular weight excluding hydrogens is 363 g/mol. The van der Waals surface area contributed by atoms with Crippen molar-refractivity contribution in [2.45, 2.75) is 0 Å². The molecule has 0 atom stereocenters. The number of carbonyl (C=O) groups excluding carboxylic acids is 1. The smallest absolute Gasteiger partial charge is 0.320 e. The van der Waals surface area contributed by atoms with E-state index in [1.807, 2.05) is 0 Å². The summed E-state index contributed by atoms with van der Waals surface area (Å²) in [7, 11) is 5.34. The number of carbonyl (C=O) groups is 1. The van der Waals surface area contributed by atoms with Crippen LogP contribution in [0.5, 0.6) is 23.8 Å². The van der Waals surface area contributed by atoms with Crippen LogP contribution in [-0.4, -0.2) is 54.2 Å². The van der Waals surface area contributed by atoms with Gasteiger partial charge in [0.2, 0.25) is 17.5 Å². The van der Waals surface area contributed by atoms with Crippen molar-refractivity contribution in [2.24, 2.45) is 0 Å². The lowest BCUT2D eigenvalue weighted by atomic mass is 10.1. The summed E-state index contributed by atoms with van der Waals surface area (Å²) >= 11 is 12.1. The highest BCUT2D eigenvalue weighted by molar-refractivity contribution is 6.37. The van der Waals surface area contributed by atoms with Crippen LogP contribution in [0.4, 0.5) is 0 Å². The summed E-state index contributed by atoms with van der Waals surface area (Å²) in [5.74, 6) is -0.861. The van der Waals surface area contributed by atoms with E-state index in [2.05, 4.69) is 19.9 Å². The molecule has 0 aliphatic carbocycles. The Balaban J connectivity index is 2.66. The maximum atomic E-state index is 12.9. The first-order valence-corrected chi connectivity index (χ1v) is 7.08. The van der Waals surface area contributed by atoms with Crippen LogP contribution < -0.4 is 18.9 Å². The Kier molecular flexibility index (Phi) is 5.58. The van der Waals surface area contributed by atoms with Crippen LogP contribution >= 0.6 is 23.2 Å². The van der Waals surface area contributed by atoms with E-state index < -0.39 is 5.78 Å². The minimum absolute atomic E-state index is 0.0579. The van der Waals surface area contributed by atoms with Gasteiger partial charge >= 0.3 is 12.0 Å². The second-order valence-corrected chi connectivity index (χ2v) is 4.82. The Bertz CT molecular complexity index is 724. The first-order chi connectivity index (χ1) is 11.5. The van der Waals surface area contributed by atoms with E-state index in [-0.39, 0.29) is 45.2 Å². The third-order valence-electron chi connectivity index (χ3n) is 2.83. The molecule has 2 heterocycles. The third-order valence-corrected chi connectivity index (χ3v) is 3.38. The summed E-state index contributed by atoms with van der Waals surface area (Å²) in [5, 5.41) is -0.365. The highest BCUT2D eigenvalue weighted by Gasteiger charge is 2.29. The number of ether oxygens (including phenoxy) is 4. The molecule has 2 aromatic heterocycles. The van der Waals surface area contributed by atoms with E-state index in [0.717, 1.165) is 0 Å². The molecular formula is C13H12Cl2N4O5. The maximum absolute atomic E-state index is 12.9. The van der Waals surface area contributed by atoms with Crippen LogP contribution in [0.3, 0.4) is 0 Å². The standard InChI is InChI=1S/C13H12Cl2N4O5/c1-21-10-5(8(14)16-12(18-10)23-3)7(20)6-9(15)17-13(24-4)19-11(6)22-2/h1-4H3. The van der Waals surface area contributed by atoms with Crippen molar-refractivity contribution in [2.75, 3.05) is 28.4 Å². The number of aromatic nitrogens is 4. The van der Waals surface area contributed by atoms with E-state index in [4.69, 9.17) is 42.1 Å². The highest BCUT2D eigenvalue weighted by Crippen LogP contribution is 2.33. The second kappa shape index (κ2) is 7.45. The molecule has 0 spiro atoms. The molecule has 0 saturated heterocycles. The first kappa shape index (κ1) is 18.0. The molecule has 0 amide bonds. The number of hydrogen-bond acceptors (Lipinski definition) is 9. The zero-order chi connectivity index (χ0) is 17.9. The lowest BCUT2D eigenvalue weighted by Crippen LogP contribution is -2.12. The molecule has 128 valence electrons. The number of rotatable bonds is 6. The van der Waals surface area contributed by atoms with Crippen LogP contribution in [0.15, 0.2) is 0 Å². The van der Waals surface area contributed by atoms with Crippen molar-refractivity contribution in [3.63, 3.8) is 0 Å². The van der Waals surface area contributed by atoms with Gasteiger partial charge in [0.15, 0.2) is 10.3 Å². The minimum Gasteiger partial charge on any atom is -0.480 e. The van der Waals surface area contributed by atoms with Gasteiger partial charge in [-0.1, -0.05) is 23.2 Å². The van der Waals surface area contributed by atoms with E-state index in [1.54, 1.807) is 0 Å². The molecule has 0 saturated carbocycles. The van der Waals surface area contributed by atoms with Crippen LogP contribution in [-0.2, 0) is 0 Å². The quantitative estimate of drug-likeness (QED) is 0.552. The summed E-state index contributed by atoms with van der Waals surface area (Å²) in [6, 6.07) is -0.116. The maximum Gasteiger partial charge on any atom is 0.320 e. The minimum atomic E-state index is -0.677. The van der Waals surface area contributed by atoms with Crippen molar-refractivity contribution in [3.05, 3.63) is 21.4 Å². The molecule has 24 heavy (non-hydrogen) atoms. The predicted octanol–water partition coefficient (Wildman–Crippen LogP) is 1.84. The average Bonchev–Trinajstić information content (AvgIpc) is 2.59. The number of methoxy groups -OCH3 is 4. The molecule has 0 N–H and O–H groups in total. The fourth-order valence-corrected chi connectivity index (χ4v) is 2.25. The molecule has 2 aromatic rings. The van der Waals surface area contributed by atoms with Gasteiger partial charge in [-0.15, -0.1) is 0 Å². The molecule has 0 radical (unpaired) electrons. The summed E-state index contributed by atoms with van der Waals surface area (Å²) in [6.07, 6.45) is 0. The van der Waals surface area contributed by atoms with Gasteiger partial charge in [-0.3, -0.25) is 4.79 Å². The van der Waals surface area contributed by atoms with Crippen LogP contribution in [0.1, 0.15) is 15.9 Å². The first-order valence-electron chi connectivity index (χ1n) is 6.32. The van der Waals surface area contributed by atoms with E-state index in [1.165, 1.54) is 28.4 Å². The Morgan fingerprint density at radius 2 is 1.08 bits per heavy atom. The van der Waals surface area contributed by atoms with E-state index in [9.17, 15) is 4.79 Å². The molecule has 0 bridgehead atoms. The molecule has 0 fully saturated rings. The van der Waals surface area contributed by atoms with Crippen LogP contribution in [0.2, 0.25) is 10.3 Å². The van der Waals surface area contributed by atoms with Crippen molar-refractivity contribution in [3.8, 4) is 23.8 Å². The molecule has 11 heteroatoms. The van der Waals surface area contributed by atoms with Gasteiger partial charge in [0, 0.05) is 0 Å². The molecule has 9 nitrogen and oxygen atoms in total. The van der Waals surface area contributed by atoms with Gasteiger partial charge in [0.1, 0.15) is 11.1 Å². The van der Waals surface area contributed by atoms with Gasteiger partial charge < -0.3 is 18.9 Å². The Hall–Kier alpha value is -2.39. The zero-order valence-corrected chi connectivity index (χ0v) is 14.6. The average molecular weight is 375 g/mol. The van der Waals surface area contributed by atoms with E-state index in [0.29, 0.717) is 0 Å². The van der Waals surface area contributed by atoms with Crippen molar-refractivity contribution < 1.29 is 23.7 Å². The Morgan fingerprint density at radius 3 is 1.38 bits per heavy atom. The molecule has 0 unspecified atom stereocenters. The fraction of sp³-hybridized carbons (Fsp3) is 0.308. The van der Waals surface area contributed by atoms with Gasteiger partial charge in [-0.05, 0) is 0 Å². The SMILES string of the molecule is COc1nc(Cl)c(C(=O)c2c(Cl)nc(OC)nc2OC)c(OC)n1. The van der Waals surface area contributed by atoms with Gasteiger partial charge in [-0.25, -0.2) is 0 Å². The zero-order valence-electron chi connectivity index (χ0n) is 13.1. The molecule has 0 aliphatic heterocycles. The van der Waals surface area contributed by atoms with Crippen molar-refractivity contribution in [1.82, 2.24) is 19.9 Å². The van der Waals surface area contributed by atoms with Gasteiger partial charge in [-0.2, -0.15) is 19.9 Å². The predicted molar refractivity (Wildman–Crippen MR) is 83.7 cm³/mol. The van der Waals surface area contributed by atoms with Crippen LogP contribution in [0, 0.1) is 0 Å². The summed E-state index contributed by atoms with van der Waals surface area (Å²) in [4.78, 5) is 28.4. The van der Waals surface area contributed by atoms with Crippen molar-refractivity contribution in [1.29, 1.82) is 0 Å². The summed E-state index contributed by atoms with van der Waals surface area (Å²) in [6.45, 7) is 0. The number of halogens is 2. The van der Waals surface area contributed by atoms with Gasteiger partial charge in [0.25, 0.3) is 0 Å². The van der Waals surface area contributed by atoms with Crippen LogP contribution in [0.25, 0.3) is 0 Å². The summed E-state index contributed by atoms with van der Waals surface area (Å²) in [5.41, 5.74) is -0.261. The monoisotopic (exact) mass is 374 g/mol. The van der Waals surface area contributed by atoms with Gasteiger partial charge in [0.05, 0.1) is 28.4 Å². The Morgan fingerprint density at radius 1 is 0.708 bits per heavy atom. The fourth-order valence-electron chi connectivity index (χ4n) is 1.78. The second-order valence-electron chi connectivity index (χ2n) is 4.10. The lowest BCUT2D eigenvalue weighted by molar-refractivity contribution is 0.103. The molecule has 0 aliphatic rings. The molecule has 0 aromatic carbocycles. The number of nitrogens with zero attached hydrogens (tertiary/aromatic N) is 4. The Labute approximate surface area is 146 Å². The number of hydrogen-bond donors (Lipinski definition) is 0. The van der Waals surface area contributed by atoms with E-state index >= 15 is 0 Å². The topological polar surface area (TPSA) is 106 Å². The lowest BCUT2D eigenvalue weighted by Gasteiger charge is -2.12. The molecule has 2 rings (SSSR count). The van der Waals surface area contributed by atoms with Crippen molar-refractivity contribution >= 4 is 29.0 Å².